The van der Waals surface area contributed by atoms with Crippen molar-refractivity contribution in [2.45, 2.75) is 63.5 Å². The quantitative estimate of drug-likeness (QED) is 0.361. The van der Waals surface area contributed by atoms with Gasteiger partial charge in [0.2, 0.25) is 0 Å². The zero-order valence-electron chi connectivity index (χ0n) is 23.1. The Bertz CT molecular complexity index is 1020. The molecule has 0 aromatic heterocycles. The molecule has 0 bridgehead atoms. The summed E-state index contributed by atoms with van der Waals surface area (Å²) in [6.45, 7) is 6.17. The summed E-state index contributed by atoms with van der Waals surface area (Å²) in [4.78, 5) is 14.0. The Labute approximate surface area is 259 Å². The van der Waals surface area contributed by atoms with Crippen LogP contribution in [-0.4, -0.2) is 80.5 Å². The minimum Gasteiger partial charge on any atom is -0.444 e. The Morgan fingerprint density at radius 3 is 1.93 bits per heavy atom. The highest BCUT2D eigenvalue weighted by Gasteiger charge is 2.35. The van der Waals surface area contributed by atoms with Crippen LogP contribution in [0.25, 0.3) is 0 Å². The van der Waals surface area contributed by atoms with Crippen molar-refractivity contribution in [1.29, 1.82) is 0 Å². The predicted molar refractivity (Wildman–Crippen MR) is 163 cm³/mol. The van der Waals surface area contributed by atoms with E-state index in [4.69, 9.17) is 14.2 Å². The molecule has 0 radical (unpaired) electrons. The van der Waals surface area contributed by atoms with Crippen LogP contribution in [0.5, 0.6) is 0 Å². The maximum atomic E-state index is 12.9. The molecular formula is C29H39Br2ClF2N2O4. The summed E-state index contributed by atoms with van der Waals surface area (Å²) in [6.07, 6.45) is 0.309. The van der Waals surface area contributed by atoms with Gasteiger partial charge in [-0.2, -0.15) is 0 Å². The van der Waals surface area contributed by atoms with Gasteiger partial charge < -0.3 is 19.5 Å². The number of ether oxygens (including phenoxy) is 3. The van der Waals surface area contributed by atoms with Gasteiger partial charge in [-0.05, 0) is 69.0 Å². The highest BCUT2D eigenvalue weighted by atomic mass is 79.9. The van der Waals surface area contributed by atoms with E-state index in [0.29, 0.717) is 32.2 Å². The fourth-order valence-corrected chi connectivity index (χ4v) is 4.79. The molecule has 1 N–H and O–H groups in total. The van der Waals surface area contributed by atoms with E-state index in [-0.39, 0.29) is 31.1 Å². The molecule has 0 spiro atoms. The number of halogens is 5. The first-order chi connectivity index (χ1) is 18.6. The molecule has 2 heterocycles. The lowest BCUT2D eigenvalue weighted by Gasteiger charge is -2.39. The topological polar surface area (TPSA) is 60.0 Å². The molecule has 40 heavy (non-hydrogen) atoms. The largest absolute Gasteiger partial charge is 0.444 e. The molecule has 2 fully saturated rings. The van der Waals surface area contributed by atoms with E-state index >= 15 is 0 Å². The molecule has 0 saturated carbocycles. The van der Waals surface area contributed by atoms with Gasteiger partial charge in [0.1, 0.15) is 25.1 Å². The summed E-state index contributed by atoms with van der Waals surface area (Å²) in [5.41, 5.74) is 1.78. The number of morpholine rings is 2. The maximum absolute atomic E-state index is 12.9. The van der Waals surface area contributed by atoms with Gasteiger partial charge in [-0.3, -0.25) is 4.90 Å². The molecular weight excluding hydrogens is 674 g/mol. The number of carbonyl (C=O) groups is 1. The average Bonchev–Trinajstić information content (AvgIpc) is 2.91. The Morgan fingerprint density at radius 1 is 0.925 bits per heavy atom. The molecule has 6 nitrogen and oxygen atoms in total. The number of carbonyl (C=O) groups excluding carboxylic acids is 1. The number of hydrogen-bond donors (Lipinski definition) is 1. The number of alkyl halides is 2. The van der Waals surface area contributed by atoms with Gasteiger partial charge in [0.15, 0.2) is 0 Å². The van der Waals surface area contributed by atoms with Crippen LogP contribution in [0.1, 0.15) is 31.9 Å². The van der Waals surface area contributed by atoms with E-state index in [1.54, 1.807) is 4.90 Å². The van der Waals surface area contributed by atoms with Gasteiger partial charge >= 0.3 is 6.09 Å². The molecule has 11 heteroatoms. The molecule has 4 rings (SSSR count). The van der Waals surface area contributed by atoms with Crippen LogP contribution >= 0.6 is 44.3 Å². The fraction of sp³-hybridized carbons (Fsp3) is 0.552. The van der Waals surface area contributed by atoms with Crippen LogP contribution in [0.3, 0.4) is 0 Å². The summed E-state index contributed by atoms with van der Waals surface area (Å²) in [7, 11) is 0. The van der Waals surface area contributed by atoms with Crippen LogP contribution in [0.15, 0.2) is 57.5 Å². The third-order valence-electron chi connectivity index (χ3n) is 6.28. The Kier molecular flexibility index (Phi) is 14.8. The third kappa shape index (κ3) is 11.9. The number of hydrogen-bond acceptors (Lipinski definition) is 5. The summed E-state index contributed by atoms with van der Waals surface area (Å²) in [6, 6.07) is 16.3. The maximum Gasteiger partial charge on any atom is 0.410 e. The smallest absolute Gasteiger partial charge is 0.410 e. The van der Waals surface area contributed by atoms with Crippen LogP contribution < -0.4 is 5.32 Å². The molecule has 1 amide bonds. The third-order valence-corrected chi connectivity index (χ3v) is 7.34. The Hall–Kier alpha value is -1.30. The van der Waals surface area contributed by atoms with Crippen molar-refractivity contribution >= 4 is 50.4 Å². The highest BCUT2D eigenvalue weighted by Crippen LogP contribution is 2.21. The molecule has 2 aromatic carbocycles. The normalized spacial score (nSPS) is 22.9. The van der Waals surface area contributed by atoms with Gasteiger partial charge in [0, 0.05) is 21.5 Å². The van der Waals surface area contributed by atoms with Gasteiger partial charge in [-0.25, -0.2) is 13.6 Å². The second-order valence-corrected chi connectivity index (χ2v) is 12.6. The SMILES string of the molecule is CC(C)(C)OC(=O)N1C[C@H](CF)OC[C@@H]1Cc1ccc(Br)cc1.Cl.FC[C@H]1CN[C@@H](Cc2ccc(Br)cc2)CO1. The molecule has 0 aliphatic carbocycles. The van der Waals surface area contributed by atoms with E-state index in [9.17, 15) is 13.6 Å². The molecule has 2 aromatic rings. The molecule has 224 valence electrons. The minimum atomic E-state index is -0.607. The van der Waals surface area contributed by atoms with Crippen LogP contribution in [0.2, 0.25) is 0 Å². The van der Waals surface area contributed by atoms with Crippen LogP contribution in [-0.2, 0) is 27.1 Å². The fourth-order valence-electron chi connectivity index (χ4n) is 4.26. The number of benzene rings is 2. The zero-order valence-corrected chi connectivity index (χ0v) is 27.1. The van der Waals surface area contributed by atoms with Crippen molar-refractivity contribution in [3.05, 3.63) is 68.6 Å². The first-order valence-electron chi connectivity index (χ1n) is 13.1. The number of amides is 1. The Balaban J connectivity index is 0.000000290. The number of nitrogens with zero attached hydrogens (tertiary/aromatic N) is 1. The van der Waals surface area contributed by atoms with Crippen LogP contribution in [0, 0.1) is 0 Å². The molecule has 2 aliphatic rings. The van der Waals surface area contributed by atoms with E-state index in [0.717, 1.165) is 20.9 Å². The lowest BCUT2D eigenvalue weighted by atomic mass is 10.0. The van der Waals surface area contributed by atoms with Crippen molar-refractivity contribution in [3.63, 3.8) is 0 Å². The lowest BCUT2D eigenvalue weighted by molar-refractivity contribution is -0.0754. The van der Waals surface area contributed by atoms with E-state index in [1.165, 1.54) is 5.56 Å². The second-order valence-electron chi connectivity index (χ2n) is 10.8. The monoisotopic (exact) mass is 710 g/mol. The predicted octanol–water partition coefficient (Wildman–Crippen LogP) is 6.71. The zero-order chi connectivity index (χ0) is 28.4. The second kappa shape index (κ2) is 17.0. The number of nitrogens with one attached hydrogen (secondary N) is 1. The van der Waals surface area contributed by atoms with Crippen molar-refractivity contribution in [1.82, 2.24) is 10.2 Å². The van der Waals surface area contributed by atoms with Crippen LogP contribution in [0.4, 0.5) is 13.6 Å². The van der Waals surface area contributed by atoms with Gasteiger partial charge in [0.25, 0.3) is 0 Å². The Morgan fingerprint density at radius 2 is 1.45 bits per heavy atom. The van der Waals surface area contributed by atoms with E-state index < -0.39 is 31.1 Å². The van der Waals surface area contributed by atoms with Crippen molar-refractivity contribution in [2.24, 2.45) is 0 Å². The summed E-state index contributed by atoms with van der Waals surface area (Å²) in [5, 5.41) is 3.31. The minimum absolute atomic E-state index is 0. The molecule has 0 unspecified atom stereocenters. The summed E-state index contributed by atoms with van der Waals surface area (Å²) < 4.78 is 43.7. The molecule has 2 saturated heterocycles. The highest BCUT2D eigenvalue weighted by molar-refractivity contribution is 9.10. The van der Waals surface area contributed by atoms with Crippen molar-refractivity contribution in [3.8, 4) is 0 Å². The first-order valence-corrected chi connectivity index (χ1v) is 14.7. The van der Waals surface area contributed by atoms with Gasteiger partial charge in [-0.15, -0.1) is 12.4 Å². The van der Waals surface area contributed by atoms with Gasteiger partial charge in [-0.1, -0.05) is 56.1 Å². The van der Waals surface area contributed by atoms with E-state index in [2.05, 4.69) is 49.3 Å². The average molecular weight is 713 g/mol. The van der Waals surface area contributed by atoms with Crippen molar-refractivity contribution in [2.75, 3.05) is 39.7 Å². The summed E-state index contributed by atoms with van der Waals surface area (Å²) in [5.74, 6) is 0. The lowest BCUT2D eigenvalue weighted by Crippen LogP contribution is -2.54. The first kappa shape index (κ1) is 34.9. The van der Waals surface area contributed by atoms with E-state index in [1.807, 2.05) is 57.2 Å². The molecule has 2 aliphatic heterocycles. The summed E-state index contributed by atoms with van der Waals surface area (Å²) >= 11 is 6.81. The van der Waals surface area contributed by atoms with Crippen molar-refractivity contribution < 1.29 is 27.8 Å². The number of rotatable bonds is 6. The van der Waals surface area contributed by atoms with Gasteiger partial charge in [0.05, 0.1) is 31.9 Å². The standard InChI is InChI=1S/C17H23BrFNO3.C12H15BrFNO.ClH/c1-17(2,3)23-16(21)20-10-15(9-19)22-11-14(20)8-12-4-6-13(18)7-5-12;13-10-3-1-9(2-4-10)5-11-8-16-12(6-14)7-15-11;/h4-7,14-15H,8-11H2,1-3H3;1-4,11-12,15H,5-8H2;1H/t14-,15-;11-,12-;/m00./s1. The molecule has 4 atom stereocenters.